The molecule has 9 nitrogen and oxygen atoms in total. The van der Waals surface area contributed by atoms with Gasteiger partial charge in [0, 0.05) is 13.1 Å². The van der Waals surface area contributed by atoms with Crippen molar-refractivity contribution in [3.63, 3.8) is 0 Å². The Morgan fingerprint density at radius 1 is 1.22 bits per heavy atom. The minimum absolute atomic E-state index is 0.0129. The van der Waals surface area contributed by atoms with Crippen molar-refractivity contribution in [2.24, 2.45) is 27.9 Å². The van der Waals surface area contributed by atoms with Gasteiger partial charge in [-0.15, -0.1) is 0 Å². The van der Waals surface area contributed by atoms with Gasteiger partial charge in [-0.25, -0.2) is 0 Å². The lowest BCUT2D eigenvalue weighted by Crippen LogP contribution is -2.30. The molecule has 0 aromatic heterocycles. The van der Waals surface area contributed by atoms with Crippen LogP contribution in [0.1, 0.15) is 19.3 Å². The fourth-order valence-electron chi connectivity index (χ4n) is 0.766. The van der Waals surface area contributed by atoms with Crippen molar-refractivity contribution < 1.29 is 19.8 Å². The first-order valence-corrected chi connectivity index (χ1v) is 5.26. The summed E-state index contributed by atoms with van der Waals surface area (Å²) < 4.78 is 0. The Kier molecular flexibility index (Phi) is 11.9. The minimum atomic E-state index is -1.00. The molecule has 0 unspecified atom stereocenters. The molecule has 0 aromatic rings. The Balaban J connectivity index is 0. The monoisotopic (exact) mass is 263 g/mol. The van der Waals surface area contributed by atoms with Crippen LogP contribution < -0.4 is 22.9 Å². The average molecular weight is 263 g/mol. The van der Waals surface area contributed by atoms with Gasteiger partial charge in [0.25, 0.3) is 0 Å². The molecule has 0 aliphatic heterocycles. The molecule has 0 amide bonds. The average Bonchev–Trinajstić information content (AvgIpc) is 2.24. The standard InChI is InChI=1S/C6H14N4O2.C3H7NO2/c7-4(5(11)12)2-1-3-10-6(8)9;4-2-1-3(5)6/h4H,1-3,7H2,(H,11,12)(H4,8,9,10);1-2,4H2,(H,5,6)/t4-;/m0./s1. The summed E-state index contributed by atoms with van der Waals surface area (Å²) in [5.74, 6) is -1.82. The highest BCUT2D eigenvalue weighted by molar-refractivity contribution is 5.75. The summed E-state index contributed by atoms with van der Waals surface area (Å²) in [6.45, 7) is 0.651. The van der Waals surface area contributed by atoms with Crippen molar-refractivity contribution in [2.45, 2.75) is 25.3 Å². The highest BCUT2D eigenvalue weighted by Crippen LogP contribution is 1.94. The molecule has 9 heteroatoms. The van der Waals surface area contributed by atoms with E-state index < -0.39 is 18.0 Å². The van der Waals surface area contributed by atoms with E-state index in [-0.39, 0.29) is 18.9 Å². The van der Waals surface area contributed by atoms with E-state index in [1.807, 2.05) is 0 Å². The third kappa shape index (κ3) is 16.6. The SMILES string of the molecule is NC(N)=NCCC[C@H](N)C(=O)O.NCCC(=O)O. The Labute approximate surface area is 105 Å². The maximum atomic E-state index is 10.2. The Hall–Kier alpha value is -1.87. The van der Waals surface area contributed by atoms with E-state index in [2.05, 4.69) is 4.99 Å². The van der Waals surface area contributed by atoms with Gasteiger partial charge in [-0.05, 0) is 12.8 Å². The van der Waals surface area contributed by atoms with E-state index in [1.165, 1.54) is 0 Å². The zero-order valence-corrected chi connectivity index (χ0v) is 10.1. The Morgan fingerprint density at radius 3 is 2.06 bits per heavy atom. The predicted octanol–water partition coefficient (Wildman–Crippen LogP) is -2.13. The van der Waals surface area contributed by atoms with Gasteiger partial charge < -0.3 is 33.1 Å². The van der Waals surface area contributed by atoms with Crippen molar-refractivity contribution in [3.8, 4) is 0 Å². The van der Waals surface area contributed by atoms with Crippen LogP contribution in [0.4, 0.5) is 0 Å². The van der Waals surface area contributed by atoms with E-state index in [0.717, 1.165) is 0 Å². The number of aliphatic imine (C=N–C) groups is 1. The molecule has 18 heavy (non-hydrogen) atoms. The third-order valence-electron chi connectivity index (χ3n) is 1.64. The first-order valence-electron chi connectivity index (χ1n) is 5.26. The summed E-state index contributed by atoms with van der Waals surface area (Å²) in [7, 11) is 0. The molecule has 0 aromatic carbocycles. The molecule has 0 fully saturated rings. The molecular weight excluding hydrogens is 242 g/mol. The number of aliphatic carboxylic acids is 2. The number of nitrogens with zero attached hydrogens (tertiary/aromatic N) is 1. The number of rotatable bonds is 7. The number of guanidine groups is 1. The summed E-state index contributed by atoms with van der Waals surface area (Å²) in [5, 5.41) is 16.2. The largest absolute Gasteiger partial charge is 0.481 e. The fourth-order valence-corrected chi connectivity index (χ4v) is 0.766. The van der Waals surface area contributed by atoms with E-state index in [9.17, 15) is 9.59 Å². The van der Waals surface area contributed by atoms with Gasteiger partial charge in [0.05, 0.1) is 6.42 Å². The van der Waals surface area contributed by atoms with Crippen LogP contribution in [0, 0.1) is 0 Å². The molecule has 1 atom stereocenters. The summed E-state index contributed by atoms with van der Waals surface area (Å²) in [6, 6.07) is -0.820. The summed E-state index contributed by atoms with van der Waals surface area (Å²) >= 11 is 0. The predicted molar refractivity (Wildman–Crippen MR) is 66.8 cm³/mol. The van der Waals surface area contributed by atoms with Crippen LogP contribution in [0.25, 0.3) is 0 Å². The maximum absolute atomic E-state index is 10.2. The van der Waals surface area contributed by atoms with Crippen molar-refractivity contribution >= 4 is 17.9 Å². The van der Waals surface area contributed by atoms with Gasteiger partial charge in [-0.1, -0.05) is 0 Å². The molecule has 0 heterocycles. The van der Waals surface area contributed by atoms with E-state index >= 15 is 0 Å². The highest BCUT2D eigenvalue weighted by Gasteiger charge is 2.09. The van der Waals surface area contributed by atoms with Crippen LogP contribution in [0.5, 0.6) is 0 Å². The number of carboxylic acid groups (broad SMARTS) is 2. The molecule has 10 N–H and O–H groups in total. The van der Waals surface area contributed by atoms with Crippen LogP contribution in [0.3, 0.4) is 0 Å². The number of carbonyl (C=O) groups is 2. The van der Waals surface area contributed by atoms with Crippen molar-refractivity contribution in [1.82, 2.24) is 0 Å². The molecule has 0 aliphatic rings. The molecule has 0 saturated heterocycles. The van der Waals surface area contributed by atoms with Gasteiger partial charge in [0.2, 0.25) is 0 Å². The lowest BCUT2D eigenvalue weighted by atomic mass is 10.2. The summed E-state index contributed by atoms with van der Waals surface area (Å²) in [5.41, 5.74) is 20.2. The molecule has 106 valence electrons. The third-order valence-corrected chi connectivity index (χ3v) is 1.64. The molecule has 0 bridgehead atoms. The lowest BCUT2D eigenvalue weighted by molar-refractivity contribution is -0.139. The Morgan fingerprint density at radius 2 is 1.78 bits per heavy atom. The summed E-state index contributed by atoms with van der Waals surface area (Å²) in [6.07, 6.45) is 1.03. The van der Waals surface area contributed by atoms with Gasteiger partial charge in [0.15, 0.2) is 5.96 Å². The topological polar surface area (TPSA) is 191 Å². The van der Waals surface area contributed by atoms with Gasteiger partial charge in [-0.2, -0.15) is 0 Å². The first kappa shape index (κ1) is 18.5. The molecule has 0 spiro atoms. The minimum Gasteiger partial charge on any atom is -0.481 e. The van der Waals surface area contributed by atoms with Crippen molar-refractivity contribution in [3.05, 3.63) is 0 Å². The zero-order chi connectivity index (χ0) is 14.6. The fraction of sp³-hybridized carbons (Fsp3) is 0.667. The van der Waals surface area contributed by atoms with E-state index in [4.69, 9.17) is 33.1 Å². The van der Waals surface area contributed by atoms with Crippen molar-refractivity contribution in [2.75, 3.05) is 13.1 Å². The number of carboxylic acids is 2. The van der Waals surface area contributed by atoms with Crippen LogP contribution in [-0.4, -0.2) is 47.2 Å². The zero-order valence-electron chi connectivity index (χ0n) is 10.1. The van der Waals surface area contributed by atoms with Gasteiger partial charge in [-0.3, -0.25) is 14.6 Å². The van der Waals surface area contributed by atoms with Gasteiger partial charge in [0.1, 0.15) is 6.04 Å². The first-order chi connectivity index (χ1) is 8.31. The van der Waals surface area contributed by atoms with Crippen molar-refractivity contribution in [1.29, 1.82) is 0 Å². The summed E-state index contributed by atoms with van der Waals surface area (Å²) in [4.78, 5) is 23.4. The van der Waals surface area contributed by atoms with Crippen LogP contribution >= 0.6 is 0 Å². The van der Waals surface area contributed by atoms with Crippen LogP contribution in [0.2, 0.25) is 0 Å². The lowest BCUT2D eigenvalue weighted by Gasteiger charge is -2.03. The smallest absolute Gasteiger partial charge is 0.320 e. The molecular formula is C9H21N5O4. The van der Waals surface area contributed by atoms with Crippen LogP contribution in [0.15, 0.2) is 4.99 Å². The van der Waals surface area contributed by atoms with E-state index in [1.54, 1.807) is 0 Å². The molecule has 0 radical (unpaired) electrons. The Bertz CT molecular complexity index is 278. The number of hydrogen-bond donors (Lipinski definition) is 6. The molecule has 0 aliphatic carbocycles. The van der Waals surface area contributed by atoms with Gasteiger partial charge >= 0.3 is 11.9 Å². The van der Waals surface area contributed by atoms with Crippen LogP contribution in [-0.2, 0) is 9.59 Å². The normalized spacial score (nSPS) is 10.8. The second kappa shape index (κ2) is 11.6. The molecule has 0 saturated carbocycles. The number of hydrogen-bond acceptors (Lipinski definition) is 5. The quantitative estimate of drug-likeness (QED) is 0.170. The molecule has 0 rings (SSSR count). The maximum Gasteiger partial charge on any atom is 0.320 e. The highest BCUT2D eigenvalue weighted by atomic mass is 16.4. The second-order valence-corrected chi connectivity index (χ2v) is 3.33. The van der Waals surface area contributed by atoms with E-state index in [0.29, 0.717) is 19.4 Å². The second-order valence-electron chi connectivity index (χ2n) is 3.33. The number of nitrogens with two attached hydrogens (primary N) is 4.